The van der Waals surface area contributed by atoms with Crippen molar-refractivity contribution in [2.24, 2.45) is 5.92 Å². The third-order valence-corrected chi connectivity index (χ3v) is 4.64. The molecule has 1 aromatic carbocycles. The van der Waals surface area contributed by atoms with Crippen molar-refractivity contribution < 1.29 is 18.8 Å². The number of piperidine rings is 1. The minimum absolute atomic E-state index is 0.115. The maximum atomic E-state index is 12.5. The van der Waals surface area contributed by atoms with E-state index in [2.05, 4.69) is 15.4 Å². The lowest BCUT2D eigenvalue weighted by Gasteiger charge is -2.32. The summed E-state index contributed by atoms with van der Waals surface area (Å²) in [5.74, 6) is 1.51. The number of likely N-dealkylation sites (tertiary alicyclic amines) is 1. The predicted molar refractivity (Wildman–Crippen MR) is 96.4 cm³/mol. The first-order chi connectivity index (χ1) is 12.7. The van der Waals surface area contributed by atoms with Crippen molar-refractivity contribution >= 4 is 5.91 Å². The molecular formula is C19H25N3O4. The fourth-order valence-electron chi connectivity index (χ4n) is 3.29. The number of rotatable bonds is 7. The average molecular weight is 359 g/mol. The highest BCUT2D eigenvalue weighted by molar-refractivity contribution is 5.95. The van der Waals surface area contributed by atoms with Crippen LogP contribution < -0.4 is 14.8 Å². The Kier molecular flexibility index (Phi) is 6.12. The molecule has 26 heavy (non-hydrogen) atoms. The maximum Gasteiger partial charge on any atom is 0.251 e. The van der Waals surface area contributed by atoms with E-state index >= 15 is 0 Å². The Morgan fingerprint density at radius 3 is 2.73 bits per heavy atom. The molecule has 140 valence electrons. The zero-order chi connectivity index (χ0) is 18.4. The van der Waals surface area contributed by atoms with E-state index in [4.69, 9.17) is 14.0 Å². The van der Waals surface area contributed by atoms with Crippen LogP contribution in [0, 0.1) is 5.92 Å². The number of amides is 1. The third kappa shape index (κ3) is 4.76. The Morgan fingerprint density at radius 1 is 1.31 bits per heavy atom. The highest BCUT2D eigenvalue weighted by Crippen LogP contribution is 2.23. The Labute approximate surface area is 153 Å². The number of nitrogens with one attached hydrogen (secondary N) is 1. The number of carbonyl (C=O) groups is 1. The van der Waals surface area contributed by atoms with Gasteiger partial charge in [0.05, 0.1) is 19.9 Å². The fourth-order valence-corrected chi connectivity index (χ4v) is 3.29. The van der Waals surface area contributed by atoms with Gasteiger partial charge in [-0.3, -0.25) is 9.69 Å². The second-order valence-electron chi connectivity index (χ2n) is 6.55. The van der Waals surface area contributed by atoms with Gasteiger partial charge in [-0.25, -0.2) is 0 Å². The van der Waals surface area contributed by atoms with Crippen molar-refractivity contribution in [1.29, 1.82) is 0 Å². The van der Waals surface area contributed by atoms with Gasteiger partial charge < -0.3 is 19.3 Å². The quantitative estimate of drug-likeness (QED) is 0.818. The van der Waals surface area contributed by atoms with Crippen LogP contribution in [0.25, 0.3) is 0 Å². The van der Waals surface area contributed by atoms with Gasteiger partial charge in [0.25, 0.3) is 5.91 Å². The lowest BCUT2D eigenvalue weighted by atomic mass is 9.97. The van der Waals surface area contributed by atoms with Crippen LogP contribution in [0.15, 0.2) is 35.1 Å². The number of nitrogens with zero attached hydrogens (tertiary/aromatic N) is 2. The Balaban J connectivity index is 1.54. The molecule has 1 saturated heterocycles. The smallest absolute Gasteiger partial charge is 0.251 e. The van der Waals surface area contributed by atoms with Gasteiger partial charge in [-0.15, -0.1) is 0 Å². The van der Waals surface area contributed by atoms with Gasteiger partial charge in [0.15, 0.2) is 0 Å². The van der Waals surface area contributed by atoms with E-state index in [1.807, 2.05) is 6.07 Å². The molecule has 3 rings (SSSR count). The molecule has 0 aliphatic carbocycles. The molecule has 7 nitrogen and oxygen atoms in total. The van der Waals surface area contributed by atoms with Crippen LogP contribution in [0.1, 0.15) is 28.9 Å². The average Bonchev–Trinajstić information content (AvgIpc) is 3.19. The molecule has 0 bridgehead atoms. The zero-order valence-electron chi connectivity index (χ0n) is 15.2. The molecule has 0 radical (unpaired) electrons. The van der Waals surface area contributed by atoms with E-state index in [0.717, 1.165) is 38.2 Å². The van der Waals surface area contributed by atoms with Gasteiger partial charge in [-0.2, -0.15) is 0 Å². The summed E-state index contributed by atoms with van der Waals surface area (Å²) in [4.78, 5) is 14.9. The molecule has 2 heterocycles. The van der Waals surface area contributed by atoms with E-state index in [0.29, 0.717) is 29.5 Å². The van der Waals surface area contributed by atoms with Gasteiger partial charge in [0.1, 0.15) is 17.8 Å². The Hall–Kier alpha value is -2.54. The molecule has 1 aromatic heterocycles. The van der Waals surface area contributed by atoms with E-state index in [9.17, 15) is 4.79 Å². The van der Waals surface area contributed by atoms with Gasteiger partial charge in [-0.05, 0) is 37.4 Å². The van der Waals surface area contributed by atoms with E-state index in [1.165, 1.54) is 0 Å². The summed E-state index contributed by atoms with van der Waals surface area (Å²) in [6, 6.07) is 7.08. The summed E-state index contributed by atoms with van der Waals surface area (Å²) in [6.07, 6.45) is 3.82. The molecule has 1 aliphatic heterocycles. The molecule has 1 amide bonds. The van der Waals surface area contributed by atoms with Crippen molar-refractivity contribution in [3.05, 3.63) is 41.8 Å². The molecule has 0 saturated carbocycles. The van der Waals surface area contributed by atoms with Gasteiger partial charge >= 0.3 is 0 Å². The Bertz CT molecular complexity index is 695. The van der Waals surface area contributed by atoms with E-state index in [1.54, 1.807) is 38.7 Å². The van der Waals surface area contributed by atoms with Crippen molar-refractivity contribution in [2.45, 2.75) is 19.4 Å². The largest absolute Gasteiger partial charge is 0.497 e. The van der Waals surface area contributed by atoms with Crippen LogP contribution in [0.2, 0.25) is 0 Å². The SMILES string of the molecule is COc1cc(OC)cc(C(=O)NCC2CCCN(Cc3ccon3)C2)c1. The predicted octanol–water partition coefficient (Wildman–Crippen LogP) is 2.33. The Morgan fingerprint density at radius 2 is 2.08 bits per heavy atom. The highest BCUT2D eigenvalue weighted by Gasteiger charge is 2.21. The lowest BCUT2D eigenvalue weighted by Crippen LogP contribution is -2.40. The first-order valence-electron chi connectivity index (χ1n) is 8.81. The standard InChI is InChI=1S/C19H25N3O4/c1-24-17-8-15(9-18(10-17)25-2)19(23)20-11-14-4-3-6-22(12-14)13-16-5-7-26-21-16/h5,7-10,14H,3-4,6,11-13H2,1-2H3,(H,20,23). The summed E-state index contributed by atoms with van der Waals surface area (Å²) >= 11 is 0. The molecule has 1 atom stereocenters. The summed E-state index contributed by atoms with van der Waals surface area (Å²) in [6.45, 7) is 3.42. The molecule has 2 aromatic rings. The third-order valence-electron chi connectivity index (χ3n) is 4.64. The summed E-state index contributed by atoms with van der Waals surface area (Å²) in [5.41, 5.74) is 1.48. The van der Waals surface area contributed by atoms with Crippen molar-refractivity contribution in [3.63, 3.8) is 0 Å². The normalized spacial score (nSPS) is 17.7. The van der Waals surface area contributed by atoms with Crippen molar-refractivity contribution in [1.82, 2.24) is 15.4 Å². The van der Waals surface area contributed by atoms with Crippen molar-refractivity contribution in [2.75, 3.05) is 33.9 Å². The number of aromatic nitrogens is 1. The lowest BCUT2D eigenvalue weighted by molar-refractivity contribution is 0.0929. The second kappa shape index (κ2) is 8.71. The first kappa shape index (κ1) is 18.3. The molecule has 1 unspecified atom stereocenters. The number of ether oxygens (including phenoxy) is 2. The number of hydrogen-bond acceptors (Lipinski definition) is 6. The monoisotopic (exact) mass is 359 g/mol. The number of methoxy groups -OCH3 is 2. The zero-order valence-corrected chi connectivity index (χ0v) is 15.2. The summed E-state index contributed by atoms with van der Waals surface area (Å²) < 4.78 is 15.3. The minimum Gasteiger partial charge on any atom is -0.497 e. The van der Waals surface area contributed by atoms with Gasteiger partial charge in [0.2, 0.25) is 0 Å². The minimum atomic E-state index is -0.115. The molecule has 1 aliphatic rings. The molecule has 1 N–H and O–H groups in total. The highest BCUT2D eigenvalue weighted by atomic mass is 16.5. The van der Waals surface area contributed by atoms with Crippen LogP contribution in [-0.2, 0) is 6.54 Å². The number of carbonyl (C=O) groups excluding carboxylic acids is 1. The second-order valence-corrected chi connectivity index (χ2v) is 6.55. The first-order valence-corrected chi connectivity index (χ1v) is 8.81. The van der Waals surface area contributed by atoms with Crippen LogP contribution >= 0.6 is 0 Å². The fraction of sp³-hybridized carbons (Fsp3) is 0.474. The molecule has 1 fully saturated rings. The molecule has 0 spiro atoms. The summed E-state index contributed by atoms with van der Waals surface area (Å²) in [7, 11) is 3.14. The topological polar surface area (TPSA) is 76.8 Å². The van der Waals surface area contributed by atoms with Crippen molar-refractivity contribution in [3.8, 4) is 11.5 Å². The van der Waals surface area contributed by atoms with Crippen LogP contribution in [-0.4, -0.2) is 49.8 Å². The van der Waals surface area contributed by atoms with Crippen LogP contribution in [0.4, 0.5) is 0 Å². The molecule has 7 heteroatoms. The number of hydrogen-bond donors (Lipinski definition) is 1. The van der Waals surface area contributed by atoms with Crippen LogP contribution in [0.3, 0.4) is 0 Å². The molecular weight excluding hydrogens is 334 g/mol. The summed E-state index contributed by atoms with van der Waals surface area (Å²) in [5, 5.41) is 7.01. The van der Waals surface area contributed by atoms with E-state index < -0.39 is 0 Å². The van der Waals surface area contributed by atoms with Gasteiger partial charge in [-0.1, -0.05) is 5.16 Å². The van der Waals surface area contributed by atoms with E-state index in [-0.39, 0.29) is 5.91 Å². The maximum absolute atomic E-state index is 12.5. The van der Waals surface area contributed by atoms with Gasteiger partial charge in [0, 0.05) is 37.3 Å². The van der Waals surface area contributed by atoms with Crippen LogP contribution in [0.5, 0.6) is 11.5 Å². The number of benzene rings is 1.